The fourth-order valence-electron chi connectivity index (χ4n) is 2.95. The lowest BCUT2D eigenvalue weighted by Gasteiger charge is -2.21. The number of ether oxygens (including phenoxy) is 1. The van der Waals surface area contributed by atoms with Crippen LogP contribution in [0.4, 0.5) is 4.39 Å². The molecule has 0 aliphatic carbocycles. The molecule has 6 heteroatoms. The average Bonchev–Trinajstić information content (AvgIpc) is 2.66. The van der Waals surface area contributed by atoms with Crippen molar-refractivity contribution in [2.45, 2.75) is 59.7 Å². The fourth-order valence-corrected chi connectivity index (χ4v) is 2.95. The highest BCUT2D eigenvalue weighted by Crippen LogP contribution is 2.12. The van der Waals surface area contributed by atoms with Crippen molar-refractivity contribution in [2.75, 3.05) is 33.3 Å². The Kier molecular flexibility index (Phi) is 11.7. The number of methoxy groups -OCH3 is 1. The van der Waals surface area contributed by atoms with Crippen LogP contribution in [0, 0.1) is 5.82 Å². The van der Waals surface area contributed by atoms with E-state index in [-0.39, 0.29) is 12.4 Å². The summed E-state index contributed by atoms with van der Waals surface area (Å²) < 4.78 is 18.8. The lowest BCUT2D eigenvalue weighted by molar-refractivity contribution is 0.181. The van der Waals surface area contributed by atoms with Crippen LogP contribution in [0.15, 0.2) is 23.2 Å². The van der Waals surface area contributed by atoms with Crippen molar-refractivity contribution >= 4 is 5.96 Å². The number of hydrogen-bond donors (Lipinski definition) is 2. The van der Waals surface area contributed by atoms with E-state index in [9.17, 15) is 4.39 Å². The number of nitrogens with one attached hydrogen (secondary N) is 2. The standard InChI is InChI=1S/C21H37FN4O/c1-6-23-21(25-17(4)10-9-13-26(7-2)8-3)24-15-18-11-12-20(22)19(14-18)16-27-5/h11-12,14,17H,6-10,13,15-16H2,1-5H3,(H2,23,24,25). The van der Waals surface area contributed by atoms with E-state index in [0.717, 1.165) is 50.5 Å². The molecule has 0 heterocycles. The number of rotatable bonds is 12. The predicted molar refractivity (Wildman–Crippen MR) is 112 cm³/mol. The van der Waals surface area contributed by atoms with Crippen molar-refractivity contribution in [3.8, 4) is 0 Å². The maximum Gasteiger partial charge on any atom is 0.191 e. The molecule has 1 aromatic rings. The van der Waals surface area contributed by atoms with Crippen LogP contribution in [0.5, 0.6) is 0 Å². The van der Waals surface area contributed by atoms with Gasteiger partial charge in [0.2, 0.25) is 0 Å². The molecule has 1 unspecified atom stereocenters. The minimum absolute atomic E-state index is 0.239. The van der Waals surface area contributed by atoms with Crippen molar-refractivity contribution in [1.82, 2.24) is 15.5 Å². The maximum absolute atomic E-state index is 13.7. The van der Waals surface area contributed by atoms with E-state index < -0.39 is 0 Å². The highest BCUT2D eigenvalue weighted by Gasteiger charge is 2.07. The van der Waals surface area contributed by atoms with Gasteiger partial charge in [0.1, 0.15) is 5.82 Å². The first-order chi connectivity index (χ1) is 13.0. The summed E-state index contributed by atoms with van der Waals surface area (Å²) in [6.07, 6.45) is 2.25. The van der Waals surface area contributed by atoms with Gasteiger partial charge in [0.05, 0.1) is 13.2 Å². The predicted octanol–water partition coefficient (Wildman–Crippen LogP) is 3.54. The lowest BCUT2D eigenvalue weighted by Crippen LogP contribution is -2.42. The Bertz CT molecular complexity index is 561. The van der Waals surface area contributed by atoms with Crippen LogP contribution in [0.2, 0.25) is 0 Å². The summed E-state index contributed by atoms with van der Waals surface area (Å²) in [5.41, 5.74) is 1.53. The van der Waals surface area contributed by atoms with Gasteiger partial charge in [-0.1, -0.05) is 19.9 Å². The van der Waals surface area contributed by atoms with E-state index in [0.29, 0.717) is 18.2 Å². The van der Waals surface area contributed by atoms with Gasteiger partial charge in [-0.05, 0) is 64.0 Å². The molecule has 0 aliphatic rings. The Morgan fingerprint density at radius 2 is 2.00 bits per heavy atom. The second-order valence-corrected chi connectivity index (χ2v) is 6.77. The molecule has 154 valence electrons. The Balaban J connectivity index is 2.60. The van der Waals surface area contributed by atoms with Crippen molar-refractivity contribution in [3.05, 3.63) is 35.1 Å². The van der Waals surface area contributed by atoms with Crippen LogP contribution in [0.25, 0.3) is 0 Å². The molecule has 0 aliphatic heterocycles. The SMILES string of the molecule is CCNC(=NCc1ccc(F)c(COC)c1)NC(C)CCCN(CC)CC. The van der Waals surface area contributed by atoms with Gasteiger partial charge < -0.3 is 20.3 Å². The van der Waals surface area contributed by atoms with Gasteiger partial charge in [-0.25, -0.2) is 9.38 Å². The van der Waals surface area contributed by atoms with Crippen molar-refractivity contribution in [1.29, 1.82) is 0 Å². The normalized spacial score (nSPS) is 13.1. The van der Waals surface area contributed by atoms with E-state index >= 15 is 0 Å². The third kappa shape index (κ3) is 9.20. The Labute approximate surface area is 164 Å². The average molecular weight is 381 g/mol. The van der Waals surface area contributed by atoms with E-state index in [1.165, 1.54) is 6.07 Å². The van der Waals surface area contributed by atoms with Gasteiger partial charge in [-0.2, -0.15) is 0 Å². The Morgan fingerprint density at radius 3 is 2.63 bits per heavy atom. The van der Waals surface area contributed by atoms with Gasteiger partial charge in [0.15, 0.2) is 5.96 Å². The fraction of sp³-hybridized carbons (Fsp3) is 0.667. The Hall–Kier alpha value is -1.66. The number of aliphatic imine (C=N–C) groups is 1. The van der Waals surface area contributed by atoms with Gasteiger partial charge in [0.25, 0.3) is 0 Å². The first-order valence-corrected chi connectivity index (χ1v) is 10.1. The van der Waals surface area contributed by atoms with Gasteiger partial charge in [0, 0.05) is 25.3 Å². The van der Waals surface area contributed by atoms with Crippen LogP contribution in [-0.2, 0) is 17.9 Å². The third-order valence-electron chi connectivity index (χ3n) is 4.56. The molecule has 0 amide bonds. The first kappa shape index (κ1) is 23.4. The molecule has 5 nitrogen and oxygen atoms in total. The van der Waals surface area contributed by atoms with Crippen LogP contribution in [0.1, 0.15) is 51.7 Å². The molecule has 1 aromatic carbocycles. The van der Waals surface area contributed by atoms with Gasteiger partial charge >= 0.3 is 0 Å². The molecule has 1 rings (SSSR count). The summed E-state index contributed by atoms with van der Waals surface area (Å²) in [6, 6.07) is 5.42. The van der Waals surface area contributed by atoms with Crippen LogP contribution in [-0.4, -0.2) is 50.2 Å². The molecular weight excluding hydrogens is 343 g/mol. The van der Waals surface area contributed by atoms with Crippen LogP contribution in [0.3, 0.4) is 0 Å². The zero-order chi connectivity index (χ0) is 20.1. The summed E-state index contributed by atoms with van der Waals surface area (Å²) in [5, 5.41) is 6.76. The molecular formula is C21H37FN4O. The van der Waals surface area contributed by atoms with E-state index in [1.54, 1.807) is 13.2 Å². The number of hydrogen-bond acceptors (Lipinski definition) is 3. The summed E-state index contributed by atoms with van der Waals surface area (Å²) in [4.78, 5) is 7.09. The molecule has 0 fully saturated rings. The number of benzene rings is 1. The van der Waals surface area contributed by atoms with Crippen molar-refractivity contribution in [3.63, 3.8) is 0 Å². The van der Waals surface area contributed by atoms with Gasteiger partial charge in [-0.3, -0.25) is 0 Å². The molecule has 27 heavy (non-hydrogen) atoms. The first-order valence-electron chi connectivity index (χ1n) is 10.1. The minimum atomic E-state index is -0.239. The highest BCUT2D eigenvalue weighted by atomic mass is 19.1. The summed E-state index contributed by atoms with van der Waals surface area (Å²) in [7, 11) is 1.57. The minimum Gasteiger partial charge on any atom is -0.380 e. The smallest absolute Gasteiger partial charge is 0.191 e. The quantitative estimate of drug-likeness (QED) is 0.430. The van der Waals surface area contributed by atoms with Crippen molar-refractivity contribution < 1.29 is 9.13 Å². The number of halogens is 1. The molecule has 0 radical (unpaired) electrons. The summed E-state index contributed by atoms with van der Waals surface area (Å²) in [5.74, 6) is 0.557. The second-order valence-electron chi connectivity index (χ2n) is 6.77. The van der Waals surface area contributed by atoms with E-state index in [1.807, 2.05) is 6.07 Å². The number of nitrogens with zero attached hydrogens (tertiary/aromatic N) is 2. The maximum atomic E-state index is 13.7. The zero-order valence-electron chi connectivity index (χ0n) is 17.6. The Morgan fingerprint density at radius 1 is 1.26 bits per heavy atom. The van der Waals surface area contributed by atoms with Gasteiger partial charge in [-0.15, -0.1) is 0 Å². The zero-order valence-corrected chi connectivity index (χ0v) is 17.6. The third-order valence-corrected chi connectivity index (χ3v) is 4.56. The van der Waals surface area contributed by atoms with Crippen LogP contribution < -0.4 is 10.6 Å². The van der Waals surface area contributed by atoms with Crippen LogP contribution >= 0.6 is 0 Å². The lowest BCUT2D eigenvalue weighted by atomic mass is 10.1. The number of guanidine groups is 1. The van der Waals surface area contributed by atoms with E-state index in [4.69, 9.17) is 4.74 Å². The molecule has 0 saturated heterocycles. The second kappa shape index (κ2) is 13.5. The topological polar surface area (TPSA) is 48.9 Å². The summed E-state index contributed by atoms with van der Waals surface area (Å²) >= 11 is 0. The molecule has 2 N–H and O–H groups in total. The largest absolute Gasteiger partial charge is 0.380 e. The summed E-state index contributed by atoms with van der Waals surface area (Å²) in [6.45, 7) is 13.5. The highest BCUT2D eigenvalue weighted by molar-refractivity contribution is 5.80. The monoisotopic (exact) mass is 380 g/mol. The molecule has 1 atom stereocenters. The molecule has 0 spiro atoms. The van der Waals surface area contributed by atoms with E-state index in [2.05, 4.69) is 48.2 Å². The van der Waals surface area contributed by atoms with Crippen molar-refractivity contribution in [2.24, 2.45) is 4.99 Å². The molecule has 0 aromatic heterocycles. The molecule has 0 saturated carbocycles. The molecule has 0 bridgehead atoms.